The van der Waals surface area contributed by atoms with Gasteiger partial charge in [-0.15, -0.1) is 10.2 Å². The molecule has 0 radical (unpaired) electrons. The molecule has 1 atom stereocenters. The Labute approximate surface area is 153 Å². The van der Waals surface area contributed by atoms with Crippen molar-refractivity contribution in [1.82, 2.24) is 10.2 Å². The van der Waals surface area contributed by atoms with E-state index in [9.17, 15) is 13.2 Å². The summed E-state index contributed by atoms with van der Waals surface area (Å²) in [6, 6.07) is 6.76. The first-order valence-electron chi connectivity index (χ1n) is 7.39. The average molecular weight is 401 g/mol. The monoisotopic (exact) mass is 400 g/mol. The molecule has 25 heavy (non-hydrogen) atoms. The second kappa shape index (κ2) is 7.18. The van der Waals surface area contributed by atoms with E-state index in [1.54, 1.807) is 31.2 Å². The lowest BCUT2D eigenvalue weighted by atomic mass is 10.2. The number of hydrogen-bond acceptors (Lipinski definition) is 8. The molecule has 1 N–H and O–H groups in total. The highest BCUT2D eigenvalue weighted by atomic mass is 32.2. The van der Waals surface area contributed by atoms with Crippen LogP contribution in [0.2, 0.25) is 0 Å². The first kappa shape index (κ1) is 18.0. The van der Waals surface area contributed by atoms with Crippen molar-refractivity contribution in [2.75, 3.05) is 28.2 Å². The maximum atomic E-state index is 12.5. The molecule has 3 rings (SSSR count). The van der Waals surface area contributed by atoms with Gasteiger partial charge in [-0.05, 0) is 25.3 Å². The molecule has 2 heterocycles. The van der Waals surface area contributed by atoms with Crippen LogP contribution >= 0.6 is 23.1 Å². The minimum atomic E-state index is -3.53. The van der Waals surface area contributed by atoms with Crippen molar-refractivity contribution in [1.29, 1.82) is 0 Å². The van der Waals surface area contributed by atoms with Gasteiger partial charge in [0.15, 0.2) is 10.4 Å². The summed E-state index contributed by atoms with van der Waals surface area (Å²) in [4.78, 5) is 12.5. The topological polar surface area (TPSA) is 101 Å². The summed E-state index contributed by atoms with van der Waals surface area (Å²) in [7, 11) is -3.53. The Morgan fingerprint density at radius 2 is 2.20 bits per heavy atom. The SMILES string of the molecule is CCS(=O)(=O)N1CC(C(=O)Nc2nnc(SC)s2)Oc2ccccc21. The van der Waals surface area contributed by atoms with E-state index in [2.05, 4.69) is 15.5 Å². The molecule has 8 nitrogen and oxygen atoms in total. The number of anilines is 2. The molecular weight excluding hydrogens is 384 g/mol. The van der Waals surface area contributed by atoms with E-state index in [1.807, 2.05) is 6.26 Å². The summed E-state index contributed by atoms with van der Waals surface area (Å²) in [5, 5.41) is 10.8. The van der Waals surface area contributed by atoms with Crippen LogP contribution in [0.4, 0.5) is 10.8 Å². The van der Waals surface area contributed by atoms with Gasteiger partial charge in [0, 0.05) is 0 Å². The Bertz CT molecular complexity index is 884. The molecular formula is C14H16N4O4S3. The zero-order chi connectivity index (χ0) is 18.0. The predicted octanol–water partition coefficient (Wildman–Crippen LogP) is 1.82. The van der Waals surface area contributed by atoms with Gasteiger partial charge >= 0.3 is 0 Å². The van der Waals surface area contributed by atoms with Gasteiger partial charge in [-0.2, -0.15) is 0 Å². The lowest BCUT2D eigenvalue weighted by Gasteiger charge is -2.34. The van der Waals surface area contributed by atoms with E-state index in [4.69, 9.17) is 4.74 Å². The number of ether oxygens (including phenoxy) is 1. The summed E-state index contributed by atoms with van der Waals surface area (Å²) in [6.45, 7) is 1.47. The Morgan fingerprint density at radius 3 is 2.88 bits per heavy atom. The van der Waals surface area contributed by atoms with E-state index >= 15 is 0 Å². The Hall–Kier alpha value is -1.85. The third-order valence-electron chi connectivity index (χ3n) is 3.54. The standard InChI is InChI=1S/C14H16N4O4S3/c1-3-25(20,21)18-8-11(22-10-7-5-4-6-9(10)18)12(19)15-13-16-17-14(23-2)24-13/h4-7,11H,3,8H2,1-2H3,(H,15,16,19). The van der Waals surface area contributed by atoms with E-state index < -0.39 is 22.0 Å². The number of benzene rings is 1. The third-order valence-corrected chi connectivity index (χ3v) is 7.10. The average Bonchev–Trinajstić information content (AvgIpc) is 3.08. The van der Waals surface area contributed by atoms with Gasteiger partial charge in [-0.25, -0.2) is 8.42 Å². The van der Waals surface area contributed by atoms with Crippen LogP contribution in [0.1, 0.15) is 6.92 Å². The largest absolute Gasteiger partial charge is 0.476 e. The Kier molecular flexibility index (Phi) is 5.16. The molecule has 0 bridgehead atoms. The molecule has 11 heteroatoms. The van der Waals surface area contributed by atoms with Gasteiger partial charge in [-0.1, -0.05) is 35.2 Å². The van der Waals surface area contributed by atoms with Gasteiger partial charge < -0.3 is 4.74 Å². The summed E-state index contributed by atoms with van der Waals surface area (Å²) >= 11 is 2.67. The summed E-state index contributed by atoms with van der Waals surface area (Å²) < 4.78 is 32.5. The van der Waals surface area contributed by atoms with E-state index in [0.717, 1.165) is 4.34 Å². The summed E-state index contributed by atoms with van der Waals surface area (Å²) in [6.07, 6.45) is 0.888. The van der Waals surface area contributed by atoms with Crippen LogP contribution in [-0.4, -0.2) is 49.2 Å². The molecule has 1 aliphatic rings. The fourth-order valence-corrected chi connectivity index (χ4v) is 4.58. The quantitative estimate of drug-likeness (QED) is 0.603. The number of carbonyl (C=O) groups is 1. The summed E-state index contributed by atoms with van der Waals surface area (Å²) in [5.74, 6) is -0.175. The molecule has 0 spiro atoms. The van der Waals surface area contributed by atoms with Crippen LogP contribution in [-0.2, 0) is 14.8 Å². The smallest absolute Gasteiger partial charge is 0.269 e. The lowest BCUT2D eigenvalue weighted by Crippen LogP contribution is -2.49. The fraction of sp³-hybridized carbons (Fsp3) is 0.357. The van der Waals surface area contributed by atoms with Crippen LogP contribution in [0.25, 0.3) is 0 Å². The normalized spacial score (nSPS) is 16.9. The molecule has 1 unspecified atom stereocenters. The van der Waals surface area contributed by atoms with Crippen molar-refractivity contribution in [3.63, 3.8) is 0 Å². The van der Waals surface area contributed by atoms with Crippen molar-refractivity contribution >= 4 is 49.8 Å². The second-order valence-electron chi connectivity index (χ2n) is 5.07. The molecule has 1 amide bonds. The Balaban J connectivity index is 1.85. The van der Waals surface area contributed by atoms with Gasteiger partial charge in [0.25, 0.3) is 5.91 Å². The first-order valence-corrected chi connectivity index (χ1v) is 11.0. The highest BCUT2D eigenvalue weighted by molar-refractivity contribution is 8.00. The van der Waals surface area contributed by atoms with Crippen molar-refractivity contribution < 1.29 is 17.9 Å². The predicted molar refractivity (Wildman–Crippen MR) is 98.0 cm³/mol. The number of amides is 1. The number of nitrogens with zero attached hydrogens (tertiary/aromatic N) is 3. The van der Waals surface area contributed by atoms with Crippen molar-refractivity contribution in [2.45, 2.75) is 17.4 Å². The molecule has 0 aliphatic carbocycles. The van der Waals surface area contributed by atoms with Crippen LogP contribution in [0.3, 0.4) is 0 Å². The highest BCUT2D eigenvalue weighted by Gasteiger charge is 2.36. The van der Waals surface area contributed by atoms with Crippen LogP contribution < -0.4 is 14.4 Å². The number of fused-ring (bicyclic) bond motifs is 1. The number of thioether (sulfide) groups is 1. The van der Waals surface area contributed by atoms with Crippen LogP contribution in [0.5, 0.6) is 5.75 Å². The minimum Gasteiger partial charge on any atom is -0.476 e. The maximum Gasteiger partial charge on any atom is 0.269 e. The van der Waals surface area contributed by atoms with Crippen LogP contribution in [0, 0.1) is 0 Å². The van der Waals surface area contributed by atoms with E-state index in [1.165, 1.54) is 27.4 Å². The Morgan fingerprint density at radius 1 is 1.44 bits per heavy atom. The first-order chi connectivity index (χ1) is 11.9. The molecule has 134 valence electrons. The molecule has 1 aromatic carbocycles. The molecule has 1 aliphatic heterocycles. The van der Waals surface area contributed by atoms with Crippen molar-refractivity contribution in [3.8, 4) is 5.75 Å². The number of nitrogens with one attached hydrogen (secondary N) is 1. The molecule has 0 saturated carbocycles. The third kappa shape index (κ3) is 3.72. The number of aromatic nitrogens is 2. The van der Waals surface area contributed by atoms with Gasteiger partial charge in [0.1, 0.15) is 5.75 Å². The maximum absolute atomic E-state index is 12.5. The molecule has 0 fully saturated rings. The van der Waals surface area contributed by atoms with E-state index in [-0.39, 0.29) is 12.3 Å². The number of sulfonamides is 1. The number of carbonyl (C=O) groups excluding carboxylic acids is 1. The minimum absolute atomic E-state index is 0.0663. The van der Waals surface area contributed by atoms with Crippen molar-refractivity contribution in [2.24, 2.45) is 0 Å². The van der Waals surface area contributed by atoms with E-state index in [0.29, 0.717) is 16.6 Å². The lowest BCUT2D eigenvalue weighted by molar-refractivity contribution is -0.122. The van der Waals surface area contributed by atoms with Gasteiger partial charge in [0.05, 0.1) is 18.0 Å². The zero-order valence-electron chi connectivity index (χ0n) is 13.5. The molecule has 0 saturated heterocycles. The van der Waals surface area contributed by atoms with Crippen LogP contribution in [0.15, 0.2) is 28.6 Å². The van der Waals surface area contributed by atoms with Gasteiger partial charge in [0.2, 0.25) is 15.2 Å². The second-order valence-corrected chi connectivity index (χ2v) is 9.29. The number of rotatable bonds is 5. The number of para-hydroxylation sites is 2. The number of hydrogen-bond donors (Lipinski definition) is 1. The molecule has 2 aromatic rings. The van der Waals surface area contributed by atoms with Crippen molar-refractivity contribution in [3.05, 3.63) is 24.3 Å². The molecule has 1 aromatic heterocycles. The zero-order valence-corrected chi connectivity index (χ0v) is 15.9. The summed E-state index contributed by atoms with van der Waals surface area (Å²) in [5.41, 5.74) is 0.439. The fourth-order valence-electron chi connectivity index (χ4n) is 2.29. The highest BCUT2D eigenvalue weighted by Crippen LogP contribution is 2.35. The van der Waals surface area contributed by atoms with Gasteiger partial charge in [-0.3, -0.25) is 14.4 Å².